The maximum absolute atomic E-state index is 11.0. The number of para-hydroxylation sites is 2. The summed E-state index contributed by atoms with van der Waals surface area (Å²) in [5.41, 5.74) is 11.8. The minimum absolute atomic E-state index is 0.127. The lowest BCUT2D eigenvalue weighted by atomic mass is 9.77. The Bertz CT molecular complexity index is 1980. The zero-order valence-corrected chi connectivity index (χ0v) is 24.9. The van der Waals surface area contributed by atoms with Crippen molar-refractivity contribution in [2.45, 2.75) is 44.9 Å². The highest BCUT2D eigenvalue weighted by Crippen LogP contribution is 2.52. The van der Waals surface area contributed by atoms with Crippen molar-refractivity contribution >= 4 is 23.8 Å². The fourth-order valence-corrected chi connectivity index (χ4v) is 6.93. The number of hydrogen-bond donors (Lipinski definition) is 2. The van der Waals surface area contributed by atoms with Crippen LogP contribution in [0, 0.1) is 0 Å². The second kappa shape index (κ2) is 9.81. The molecule has 0 fully saturated rings. The predicted molar refractivity (Wildman–Crippen MR) is 177 cm³/mol. The SMILES string of the molecule is CCC1(C)c2ccccc2-c2cc(O)c(C=Nc3ccccc3N=Cc3cc4c(cc3O)-c3ccccc3C4(C)C)cc21. The van der Waals surface area contributed by atoms with E-state index in [-0.39, 0.29) is 22.3 Å². The molecule has 0 aromatic heterocycles. The molecule has 0 heterocycles. The molecule has 4 heteroatoms. The third-order valence-electron chi connectivity index (χ3n) is 9.58. The standard InChI is InChI=1S/C39H34N2O2/c1-5-39(4)31-15-9-7-13-27(31)29-21-37(43)25(19-33(29)39)23-41-35-17-11-10-16-34(35)40-22-24-18-32-28(20-36(24)42)26-12-6-8-14-30(26)38(32,2)3/h6-23,42-43H,5H2,1-4H3. The first-order valence-corrected chi connectivity index (χ1v) is 14.8. The summed E-state index contributed by atoms with van der Waals surface area (Å²) < 4.78 is 0. The molecule has 0 radical (unpaired) electrons. The molecule has 212 valence electrons. The van der Waals surface area contributed by atoms with E-state index < -0.39 is 0 Å². The lowest BCUT2D eigenvalue weighted by Gasteiger charge is -2.26. The number of nitrogens with zero attached hydrogens (tertiary/aromatic N) is 2. The Kier molecular flexibility index (Phi) is 6.14. The Hall–Kier alpha value is -4.96. The van der Waals surface area contributed by atoms with E-state index in [1.807, 2.05) is 48.5 Å². The molecule has 1 atom stereocenters. The van der Waals surface area contributed by atoms with Crippen molar-refractivity contribution in [2.24, 2.45) is 9.98 Å². The molecule has 0 saturated carbocycles. The Labute approximate surface area is 252 Å². The molecule has 0 spiro atoms. The van der Waals surface area contributed by atoms with Gasteiger partial charge >= 0.3 is 0 Å². The van der Waals surface area contributed by atoms with Crippen molar-refractivity contribution in [3.8, 4) is 33.8 Å². The first-order valence-electron chi connectivity index (χ1n) is 14.8. The fraction of sp³-hybridized carbons (Fsp3) is 0.179. The van der Waals surface area contributed by atoms with Crippen molar-refractivity contribution in [3.05, 3.63) is 130 Å². The van der Waals surface area contributed by atoms with Gasteiger partial charge in [-0.1, -0.05) is 88.4 Å². The number of phenolic OH excluding ortho intramolecular Hbond substituents is 2. The highest BCUT2D eigenvalue weighted by atomic mass is 16.3. The molecule has 0 saturated heterocycles. The molecule has 2 aliphatic rings. The second-order valence-electron chi connectivity index (χ2n) is 12.3. The lowest BCUT2D eigenvalue weighted by molar-refractivity contribution is 0.473. The highest BCUT2D eigenvalue weighted by Gasteiger charge is 2.38. The van der Waals surface area contributed by atoms with Crippen molar-refractivity contribution < 1.29 is 10.2 Å². The number of benzene rings is 5. The van der Waals surface area contributed by atoms with Gasteiger partial charge in [-0.25, -0.2) is 0 Å². The van der Waals surface area contributed by atoms with Gasteiger partial charge in [0.15, 0.2) is 0 Å². The molecule has 4 nitrogen and oxygen atoms in total. The smallest absolute Gasteiger partial charge is 0.124 e. The minimum Gasteiger partial charge on any atom is -0.507 e. The molecule has 5 aromatic rings. The van der Waals surface area contributed by atoms with Crippen LogP contribution in [0.4, 0.5) is 11.4 Å². The molecule has 0 amide bonds. The van der Waals surface area contributed by atoms with Crippen molar-refractivity contribution in [1.82, 2.24) is 0 Å². The summed E-state index contributed by atoms with van der Waals surface area (Å²) in [7, 11) is 0. The van der Waals surface area contributed by atoms with Crippen LogP contribution in [0.3, 0.4) is 0 Å². The molecule has 0 bridgehead atoms. The van der Waals surface area contributed by atoms with Crippen LogP contribution in [-0.4, -0.2) is 22.6 Å². The van der Waals surface area contributed by atoms with E-state index in [9.17, 15) is 10.2 Å². The summed E-state index contributed by atoms with van der Waals surface area (Å²) in [6, 6.07) is 32.3. The second-order valence-corrected chi connectivity index (χ2v) is 12.3. The number of phenols is 2. The third-order valence-corrected chi connectivity index (χ3v) is 9.58. The summed E-state index contributed by atoms with van der Waals surface area (Å²) in [5.74, 6) is 0.393. The van der Waals surface area contributed by atoms with E-state index in [1.165, 1.54) is 33.4 Å². The normalized spacial score (nSPS) is 17.7. The van der Waals surface area contributed by atoms with Crippen molar-refractivity contribution in [2.75, 3.05) is 0 Å². The zero-order valence-electron chi connectivity index (χ0n) is 24.9. The molecule has 7 rings (SSSR count). The van der Waals surface area contributed by atoms with Crippen molar-refractivity contribution in [3.63, 3.8) is 0 Å². The van der Waals surface area contributed by atoms with Crippen LogP contribution >= 0.6 is 0 Å². The predicted octanol–water partition coefficient (Wildman–Crippen LogP) is 9.60. The molecule has 5 aromatic carbocycles. The van der Waals surface area contributed by atoms with E-state index >= 15 is 0 Å². The largest absolute Gasteiger partial charge is 0.507 e. The maximum Gasteiger partial charge on any atom is 0.124 e. The zero-order chi connectivity index (χ0) is 29.9. The van der Waals surface area contributed by atoms with Crippen LogP contribution < -0.4 is 0 Å². The van der Waals surface area contributed by atoms with Gasteiger partial charge in [0.1, 0.15) is 11.5 Å². The summed E-state index contributed by atoms with van der Waals surface area (Å²) >= 11 is 0. The van der Waals surface area contributed by atoms with Gasteiger partial charge in [0.25, 0.3) is 0 Å². The molecule has 2 aliphatic carbocycles. The monoisotopic (exact) mass is 562 g/mol. The van der Waals surface area contributed by atoms with Crippen molar-refractivity contribution in [1.29, 1.82) is 0 Å². The minimum atomic E-state index is -0.169. The number of aromatic hydroxyl groups is 2. The topological polar surface area (TPSA) is 65.2 Å². The van der Waals surface area contributed by atoms with Gasteiger partial charge in [-0.15, -0.1) is 0 Å². The van der Waals surface area contributed by atoms with Gasteiger partial charge in [-0.05, 0) is 87.3 Å². The third kappa shape index (κ3) is 4.12. The molecule has 1 unspecified atom stereocenters. The number of fused-ring (bicyclic) bond motifs is 6. The Balaban J connectivity index is 1.22. The van der Waals surface area contributed by atoms with Gasteiger partial charge in [-0.3, -0.25) is 9.98 Å². The average Bonchev–Trinajstić information content (AvgIpc) is 3.39. The maximum atomic E-state index is 11.0. The van der Waals surface area contributed by atoms with Crippen LogP contribution in [0.15, 0.2) is 107 Å². The molecular weight excluding hydrogens is 528 g/mol. The van der Waals surface area contributed by atoms with Gasteiger partial charge in [0.05, 0.1) is 11.4 Å². The average molecular weight is 563 g/mol. The number of aliphatic imine (C=N–C) groups is 2. The van der Waals surface area contributed by atoms with Crippen LogP contribution in [-0.2, 0) is 10.8 Å². The number of hydrogen-bond acceptors (Lipinski definition) is 4. The van der Waals surface area contributed by atoms with E-state index in [1.54, 1.807) is 12.4 Å². The summed E-state index contributed by atoms with van der Waals surface area (Å²) in [6.45, 7) is 8.92. The first kappa shape index (κ1) is 26.9. The first-order chi connectivity index (χ1) is 20.7. The quantitative estimate of drug-likeness (QED) is 0.210. The summed E-state index contributed by atoms with van der Waals surface area (Å²) in [4.78, 5) is 9.52. The lowest BCUT2D eigenvalue weighted by Crippen LogP contribution is -2.19. The molecular formula is C39H34N2O2. The van der Waals surface area contributed by atoms with E-state index in [4.69, 9.17) is 9.98 Å². The Morgan fingerprint density at radius 2 is 1.02 bits per heavy atom. The van der Waals surface area contributed by atoms with Crippen LogP contribution in [0.2, 0.25) is 0 Å². The number of rotatable bonds is 5. The molecule has 43 heavy (non-hydrogen) atoms. The van der Waals surface area contributed by atoms with Crippen LogP contribution in [0.1, 0.15) is 67.5 Å². The van der Waals surface area contributed by atoms with Crippen LogP contribution in [0.5, 0.6) is 11.5 Å². The summed E-state index contributed by atoms with van der Waals surface area (Å²) in [5, 5.41) is 22.0. The van der Waals surface area contributed by atoms with E-state index in [0.717, 1.165) is 17.5 Å². The Morgan fingerprint density at radius 1 is 0.558 bits per heavy atom. The fourth-order valence-electron chi connectivity index (χ4n) is 6.93. The molecule has 0 aliphatic heterocycles. The highest BCUT2D eigenvalue weighted by molar-refractivity contribution is 5.94. The van der Waals surface area contributed by atoms with E-state index in [0.29, 0.717) is 22.5 Å². The van der Waals surface area contributed by atoms with Gasteiger partial charge in [0.2, 0.25) is 0 Å². The van der Waals surface area contributed by atoms with E-state index in [2.05, 4.69) is 76.2 Å². The van der Waals surface area contributed by atoms with Gasteiger partial charge in [-0.2, -0.15) is 0 Å². The van der Waals surface area contributed by atoms with Crippen LogP contribution in [0.25, 0.3) is 22.3 Å². The summed E-state index contributed by atoms with van der Waals surface area (Å²) in [6.07, 6.45) is 4.38. The van der Waals surface area contributed by atoms with Gasteiger partial charge in [0, 0.05) is 34.4 Å². The molecule has 2 N–H and O–H groups in total. The Morgan fingerprint density at radius 3 is 1.60 bits per heavy atom. The van der Waals surface area contributed by atoms with Gasteiger partial charge < -0.3 is 10.2 Å².